The van der Waals surface area contributed by atoms with Crippen molar-refractivity contribution in [2.45, 2.75) is 26.0 Å². The van der Waals surface area contributed by atoms with E-state index in [-0.39, 0.29) is 24.1 Å². The van der Waals surface area contributed by atoms with Gasteiger partial charge in [-0.1, -0.05) is 13.8 Å². The minimum absolute atomic E-state index is 0. The van der Waals surface area contributed by atoms with Crippen LogP contribution in [-0.4, -0.2) is 23.4 Å². The Morgan fingerprint density at radius 1 is 1.26 bits per heavy atom. The maximum absolute atomic E-state index is 10.0. The van der Waals surface area contributed by atoms with Gasteiger partial charge in [0.1, 0.15) is 0 Å². The van der Waals surface area contributed by atoms with E-state index in [2.05, 4.69) is 31.9 Å². The molecule has 0 aromatic heterocycles. The minimum atomic E-state index is -0.678. The highest BCUT2D eigenvalue weighted by atomic mass is 79.9. The van der Waals surface area contributed by atoms with Gasteiger partial charge in [-0.25, -0.2) is 0 Å². The molecule has 0 aliphatic rings. The van der Waals surface area contributed by atoms with Gasteiger partial charge in [-0.3, -0.25) is 0 Å². The van der Waals surface area contributed by atoms with Crippen molar-refractivity contribution in [2.24, 2.45) is 11.7 Å². The van der Waals surface area contributed by atoms with Crippen LogP contribution in [0.1, 0.15) is 25.5 Å². The number of aromatic hydroxyl groups is 1. The van der Waals surface area contributed by atoms with Crippen LogP contribution in [-0.2, 0) is 0 Å². The van der Waals surface area contributed by atoms with Gasteiger partial charge >= 0.3 is 0 Å². The maximum Gasteiger partial charge on any atom is 0.173 e. The molecule has 1 aromatic carbocycles. The number of halogens is 3. The van der Waals surface area contributed by atoms with Gasteiger partial charge in [-0.2, -0.15) is 0 Å². The number of aliphatic hydroxyl groups excluding tert-OH is 1. The number of rotatable bonds is 4. The predicted molar refractivity (Wildman–Crippen MR) is 85.1 cm³/mol. The molecule has 1 aromatic rings. The monoisotopic (exact) mass is 417 g/mol. The molecule has 0 saturated heterocycles. The summed E-state index contributed by atoms with van der Waals surface area (Å²) in [5.41, 5.74) is 6.72. The molecule has 0 bridgehead atoms. The van der Waals surface area contributed by atoms with Crippen LogP contribution < -0.4 is 10.5 Å². The Morgan fingerprint density at radius 3 is 2.21 bits per heavy atom. The van der Waals surface area contributed by atoms with E-state index in [9.17, 15) is 10.2 Å². The Labute approximate surface area is 136 Å². The van der Waals surface area contributed by atoms with Gasteiger partial charge < -0.3 is 20.7 Å². The summed E-state index contributed by atoms with van der Waals surface area (Å²) in [5, 5.41) is 19.9. The summed E-state index contributed by atoms with van der Waals surface area (Å²) in [5.74, 6) is 0.344. The number of benzene rings is 1. The molecule has 2 atom stereocenters. The van der Waals surface area contributed by atoms with Gasteiger partial charge in [0.05, 0.1) is 23.7 Å². The fraction of sp³-hybridized carbons (Fsp3) is 0.500. The molecular formula is C12H18Br2ClNO3. The first kappa shape index (κ1) is 19.0. The van der Waals surface area contributed by atoms with Crippen LogP contribution in [0.5, 0.6) is 11.5 Å². The third kappa shape index (κ3) is 3.98. The van der Waals surface area contributed by atoms with Gasteiger partial charge in [-0.15, -0.1) is 12.4 Å². The first-order chi connectivity index (χ1) is 8.31. The Bertz CT molecular complexity index is 443. The Hall–Kier alpha value is -0.0100. The zero-order valence-electron chi connectivity index (χ0n) is 10.9. The zero-order valence-corrected chi connectivity index (χ0v) is 14.8. The molecule has 110 valence electrons. The first-order valence-corrected chi connectivity index (χ1v) is 7.08. The smallest absolute Gasteiger partial charge is 0.173 e. The lowest BCUT2D eigenvalue weighted by atomic mass is 9.94. The molecule has 0 unspecified atom stereocenters. The molecule has 0 aliphatic heterocycles. The highest BCUT2D eigenvalue weighted by Gasteiger charge is 2.25. The van der Waals surface area contributed by atoms with E-state index in [1.54, 1.807) is 6.07 Å². The van der Waals surface area contributed by atoms with Crippen LogP contribution in [0.25, 0.3) is 0 Å². The van der Waals surface area contributed by atoms with Gasteiger partial charge in [0.15, 0.2) is 11.5 Å². The fourth-order valence-corrected chi connectivity index (χ4v) is 2.60. The van der Waals surface area contributed by atoms with Gasteiger partial charge in [0, 0.05) is 4.47 Å². The molecule has 4 N–H and O–H groups in total. The lowest BCUT2D eigenvalue weighted by molar-refractivity contribution is 0.0976. The Morgan fingerprint density at radius 2 is 1.79 bits per heavy atom. The van der Waals surface area contributed by atoms with Crippen LogP contribution >= 0.6 is 44.3 Å². The minimum Gasteiger partial charge on any atom is -0.503 e. The summed E-state index contributed by atoms with van der Waals surface area (Å²) in [6.07, 6.45) is -0.678. The largest absolute Gasteiger partial charge is 0.503 e. The SMILES string of the molecule is COc1cc([C@H](N)[C@H](O)C(C)C)c(Br)c(Br)c1O.Cl. The number of hydrogen-bond donors (Lipinski definition) is 3. The molecule has 0 amide bonds. The molecule has 0 aliphatic carbocycles. The topological polar surface area (TPSA) is 75.7 Å². The molecule has 4 nitrogen and oxygen atoms in total. The van der Waals surface area contributed by atoms with E-state index in [0.717, 1.165) is 0 Å². The normalized spacial score (nSPS) is 13.9. The number of hydrogen-bond acceptors (Lipinski definition) is 4. The second-order valence-electron chi connectivity index (χ2n) is 4.41. The van der Waals surface area contributed by atoms with Gasteiger partial charge in [0.2, 0.25) is 0 Å². The maximum atomic E-state index is 10.0. The van der Waals surface area contributed by atoms with Crippen molar-refractivity contribution in [3.05, 3.63) is 20.6 Å². The van der Waals surface area contributed by atoms with Crippen LogP contribution in [0, 0.1) is 5.92 Å². The predicted octanol–water partition coefficient (Wildman–Crippen LogP) is 3.36. The van der Waals surface area contributed by atoms with Crippen molar-refractivity contribution in [3.8, 4) is 11.5 Å². The van der Waals surface area contributed by atoms with E-state index in [1.165, 1.54) is 7.11 Å². The molecule has 0 spiro atoms. The van der Waals surface area contributed by atoms with E-state index >= 15 is 0 Å². The number of phenolic OH excluding ortho intramolecular Hbond substituents is 1. The van der Waals surface area contributed by atoms with Crippen molar-refractivity contribution in [2.75, 3.05) is 7.11 Å². The Kier molecular flexibility index (Phi) is 7.68. The molecule has 0 fully saturated rings. The van der Waals surface area contributed by atoms with Crippen LogP contribution in [0.15, 0.2) is 15.0 Å². The third-order valence-electron chi connectivity index (χ3n) is 2.80. The zero-order chi connectivity index (χ0) is 14.0. The average molecular weight is 420 g/mol. The van der Waals surface area contributed by atoms with E-state index in [1.807, 2.05) is 13.8 Å². The first-order valence-electron chi connectivity index (χ1n) is 5.49. The average Bonchev–Trinajstić information content (AvgIpc) is 2.34. The highest BCUT2D eigenvalue weighted by Crippen LogP contribution is 2.43. The summed E-state index contributed by atoms with van der Waals surface area (Å²) in [6, 6.07) is 1.06. The van der Waals surface area contributed by atoms with Crippen LogP contribution in [0.3, 0.4) is 0 Å². The molecule has 7 heteroatoms. The van der Waals surface area contributed by atoms with Crippen molar-refractivity contribution >= 4 is 44.3 Å². The summed E-state index contributed by atoms with van der Waals surface area (Å²) >= 11 is 6.62. The summed E-state index contributed by atoms with van der Waals surface area (Å²) < 4.78 is 6.15. The van der Waals surface area contributed by atoms with Crippen LogP contribution in [0.2, 0.25) is 0 Å². The van der Waals surface area contributed by atoms with Crippen molar-refractivity contribution in [1.82, 2.24) is 0 Å². The van der Waals surface area contributed by atoms with Crippen molar-refractivity contribution in [1.29, 1.82) is 0 Å². The second-order valence-corrected chi connectivity index (χ2v) is 5.99. The third-order valence-corrected chi connectivity index (χ3v) is 4.96. The number of phenols is 1. The van der Waals surface area contributed by atoms with Crippen molar-refractivity contribution in [3.63, 3.8) is 0 Å². The van der Waals surface area contributed by atoms with Gasteiger partial charge in [-0.05, 0) is 49.4 Å². The van der Waals surface area contributed by atoms with Crippen molar-refractivity contribution < 1.29 is 14.9 Å². The highest BCUT2D eigenvalue weighted by molar-refractivity contribution is 9.13. The number of methoxy groups -OCH3 is 1. The van der Waals surface area contributed by atoms with E-state index in [0.29, 0.717) is 20.3 Å². The number of ether oxygens (including phenoxy) is 1. The molecule has 19 heavy (non-hydrogen) atoms. The standard InChI is InChI=1S/C12H17Br2NO3.ClH/c1-5(2)11(16)10(15)6-4-7(18-3)12(17)9(14)8(6)13;/h4-5,10-11,16-17H,15H2,1-3H3;1H/t10-,11+;/m0./s1. The molecule has 1 rings (SSSR count). The quantitative estimate of drug-likeness (QED) is 0.700. The lowest BCUT2D eigenvalue weighted by Gasteiger charge is -2.24. The second kappa shape index (κ2) is 7.69. The summed E-state index contributed by atoms with van der Waals surface area (Å²) in [6.45, 7) is 3.79. The number of aliphatic hydroxyl groups is 1. The summed E-state index contributed by atoms with van der Waals surface area (Å²) in [4.78, 5) is 0. The Balaban J connectivity index is 0.00000324. The van der Waals surface area contributed by atoms with Gasteiger partial charge in [0.25, 0.3) is 0 Å². The van der Waals surface area contributed by atoms with Crippen LogP contribution in [0.4, 0.5) is 0 Å². The summed E-state index contributed by atoms with van der Waals surface area (Å²) in [7, 11) is 1.46. The van der Waals surface area contributed by atoms with E-state index in [4.69, 9.17) is 10.5 Å². The fourth-order valence-electron chi connectivity index (χ4n) is 1.61. The number of nitrogens with two attached hydrogens (primary N) is 1. The molecular weight excluding hydrogens is 401 g/mol. The molecule has 0 saturated carbocycles. The molecule has 0 heterocycles. The van der Waals surface area contributed by atoms with E-state index < -0.39 is 12.1 Å². The molecule has 0 radical (unpaired) electrons. The lowest BCUT2D eigenvalue weighted by Crippen LogP contribution is -2.30.